The molecule has 1 atom stereocenters. The van der Waals surface area contributed by atoms with E-state index in [4.69, 9.17) is 9.47 Å². The lowest BCUT2D eigenvalue weighted by Gasteiger charge is -2.39. The molecule has 1 N–H and O–H groups in total. The first kappa shape index (κ1) is 30.9. The first-order valence-electron chi connectivity index (χ1n) is 16.8. The van der Waals surface area contributed by atoms with E-state index in [0.717, 1.165) is 76.8 Å². The fourth-order valence-corrected chi connectivity index (χ4v) is 7.22. The Morgan fingerprint density at radius 3 is 2.52 bits per heavy atom. The average molecular weight is 631 g/mol. The van der Waals surface area contributed by atoms with Gasteiger partial charge in [0.25, 0.3) is 11.5 Å². The Kier molecular flexibility index (Phi) is 8.83. The number of carbonyl (C=O) groups excluding carboxylic acids is 2. The lowest BCUT2D eigenvalue weighted by molar-refractivity contribution is -0.128. The number of carbonyl (C=O) groups is 2. The van der Waals surface area contributed by atoms with Crippen LogP contribution < -0.4 is 15.6 Å². The predicted octanol–water partition coefficient (Wildman–Crippen LogP) is 5.08. The van der Waals surface area contributed by atoms with Crippen molar-refractivity contribution < 1.29 is 23.5 Å². The van der Waals surface area contributed by atoms with E-state index in [0.29, 0.717) is 47.4 Å². The second kappa shape index (κ2) is 13.2. The van der Waals surface area contributed by atoms with Crippen molar-refractivity contribution in [3.63, 3.8) is 0 Å². The molecule has 0 unspecified atom stereocenters. The number of rotatable bonds is 9. The normalized spacial score (nSPS) is 21.7. The highest BCUT2D eigenvalue weighted by Crippen LogP contribution is 2.33. The summed E-state index contributed by atoms with van der Waals surface area (Å²) in [5, 5.41) is 4.41. The maximum absolute atomic E-state index is 15.6. The monoisotopic (exact) mass is 630 g/mol. The molecule has 46 heavy (non-hydrogen) atoms. The number of aromatic nitrogens is 1. The van der Waals surface area contributed by atoms with E-state index >= 15 is 4.39 Å². The van der Waals surface area contributed by atoms with Crippen molar-refractivity contribution in [3.05, 3.63) is 69.9 Å². The van der Waals surface area contributed by atoms with Crippen LogP contribution in [0.15, 0.2) is 47.4 Å². The van der Waals surface area contributed by atoms with Gasteiger partial charge in [0.05, 0.1) is 5.56 Å². The molecule has 3 aliphatic heterocycles. The van der Waals surface area contributed by atoms with Gasteiger partial charge in [0.15, 0.2) is 0 Å². The van der Waals surface area contributed by atoms with Crippen molar-refractivity contribution in [1.29, 1.82) is 0 Å². The van der Waals surface area contributed by atoms with Crippen LogP contribution in [0.2, 0.25) is 0 Å². The molecule has 0 bridgehead atoms. The summed E-state index contributed by atoms with van der Waals surface area (Å²) in [6, 6.07) is 10.5. The van der Waals surface area contributed by atoms with E-state index in [1.165, 1.54) is 12.1 Å². The lowest BCUT2D eigenvalue weighted by Crippen LogP contribution is -2.49. The van der Waals surface area contributed by atoms with Gasteiger partial charge >= 0.3 is 0 Å². The van der Waals surface area contributed by atoms with Crippen LogP contribution in [-0.4, -0.2) is 71.1 Å². The van der Waals surface area contributed by atoms with Crippen LogP contribution in [0, 0.1) is 17.7 Å². The number of pyridine rings is 1. The van der Waals surface area contributed by atoms with Gasteiger partial charge in [-0.1, -0.05) is 6.92 Å². The fourth-order valence-electron chi connectivity index (χ4n) is 7.22. The van der Waals surface area contributed by atoms with Gasteiger partial charge in [-0.2, -0.15) is 0 Å². The van der Waals surface area contributed by atoms with Crippen molar-refractivity contribution >= 4 is 22.6 Å². The van der Waals surface area contributed by atoms with E-state index < -0.39 is 11.7 Å². The average Bonchev–Trinajstić information content (AvgIpc) is 3.82. The molecule has 244 valence electrons. The minimum atomic E-state index is -0.645. The smallest absolute Gasteiger partial charge is 0.258 e. The molecular formula is C36H43FN4O5. The minimum absolute atomic E-state index is 0.0148. The first-order chi connectivity index (χ1) is 22.3. The van der Waals surface area contributed by atoms with Gasteiger partial charge in [-0.25, -0.2) is 4.39 Å². The van der Waals surface area contributed by atoms with Crippen LogP contribution in [0.1, 0.15) is 67.8 Å². The second-order valence-electron chi connectivity index (χ2n) is 13.7. The van der Waals surface area contributed by atoms with E-state index in [-0.39, 0.29) is 35.5 Å². The summed E-state index contributed by atoms with van der Waals surface area (Å²) in [4.78, 5) is 43.4. The van der Waals surface area contributed by atoms with E-state index in [1.54, 1.807) is 27.7 Å². The Balaban J connectivity index is 1.11. The Bertz CT molecular complexity index is 1670. The summed E-state index contributed by atoms with van der Waals surface area (Å²) < 4.78 is 29.3. The molecule has 0 spiro atoms. The van der Waals surface area contributed by atoms with E-state index in [2.05, 4.69) is 10.2 Å². The predicted molar refractivity (Wildman–Crippen MR) is 173 cm³/mol. The van der Waals surface area contributed by atoms with Gasteiger partial charge in [0.1, 0.15) is 17.3 Å². The number of fused-ring (bicyclic) bond motifs is 1. The second-order valence-corrected chi connectivity index (χ2v) is 13.7. The summed E-state index contributed by atoms with van der Waals surface area (Å²) in [6.07, 6.45) is 8.29. The van der Waals surface area contributed by atoms with Gasteiger partial charge in [-0.3, -0.25) is 14.4 Å². The molecule has 7 rings (SSSR count). The van der Waals surface area contributed by atoms with Crippen LogP contribution in [0.25, 0.3) is 10.8 Å². The van der Waals surface area contributed by atoms with Crippen LogP contribution in [-0.2, 0) is 22.6 Å². The number of hydrogen-bond acceptors (Lipinski definition) is 6. The maximum Gasteiger partial charge on any atom is 0.258 e. The summed E-state index contributed by atoms with van der Waals surface area (Å²) in [5.74, 6) is 0.474. The summed E-state index contributed by atoms with van der Waals surface area (Å²) in [5.41, 5.74) is 0.370. The highest BCUT2D eigenvalue weighted by Gasteiger charge is 2.30. The maximum atomic E-state index is 15.6. The molecule has 10 heteroatoms. The molecule has 1 saturated carbocycles. The molecule has 2 amide bonds. The van der Waals surface area contributed by atoms with Crippen molar-refractivity contribution in [3.8, 4) is 11.5 Å². The molecule has 3 saturated heterocycles. The third-order valence-electron chi connectivity index (χ3n) is 10.1. The van der Waals surface area contributed by atoms with Crippen molar-refractivity contribution in [2.75, 3.05) is 32.8 Å². The van der Waals surface area contributed by atoms with Crippen molar-refractivity contribution in [1.82, 2.24) is 19.7 Å². The Hall–Kier alpha value is -3.76. The van der Waals surface area contributed by atoms with E-state index in [1.807, 2.05) is 19.2 Å². The van der Waals surface area contributed by atoms with Crippen molar-refractivity contribution in [2.45, 2.75) is 77.0 Å². The number of nitrogens with one attached hydrogen (secondary N) is 1. The Morgan fingerprint density at radius 1 is 1.02 bits per heavy atom. The zero-order valence-electron chi connectivity index (χ0n) is 26.5. The molecule has 3 aromatic rings. The van der Waals surface area contributed by atoms with Gasteiger partial charge in [0.2, 0.25) is 5.91 Å². The largest absolute Gasteiger partial charge is 0.457 e. The molecule has 1 aliphatic carbocycles. The number of hydrogen-bond donors (Lipinski definition) is 1. The van der Waals surface area contributed by atoms with Gasteiger partial charge in [-0.15, -0.1) is 0 Å². The third kappa shape index (κ3) is 6.83. The number of nitrogens with zero attached hydrogens (tertiary/aromatic N) is 3. The molecule has 9 nitrogen and oxygen atoms in total. The highest BCUT2D eigenvalue weighted by atomic mass is 19.1. The zero-order valence-corrected chi connectivity index (χ0v) is 26.5. The standard InChI is InChI=1S/C36H43FN4O5/c1-23-16-34(42)41(20-23)22-26-18-32(37)31(35(43)38-27-7-12-39(13-8-27)28-9-14-45-15-10-28)19-33(26)46-29-4-5-30-25(17-29)6-11-40(36(30)44)21-24-2-3-24/h4-6,11,17-19,23-24,27-28H,2-3,7-10,12-16,20-22H2,1H3,(H,38,43)/t23-/m0/s1. The SMILES string of the molecule is C[C@H]1CC(=O)N(Cc2cc(F)c(C(=O)NC3CCN(C4CCOCC4)CC3)cc2Oc2ccc3c(=O)n(CC4CC4)ccc3c2)C1. The molecule has 1 aromatic heterocycles. The molecule has 4 heterocycles. The van der Waals surface area contributed by atoms with Crippen LogP contribution in [0.5, 0.6) is 11.5 Å². The highest BCUT2D eigenvalue weighted by molar-refractivity contribution is 5.95. The van der Waals surface area contributed by atoms with Gasteiger partial charge in [-0.05, 0) is 92.1 Å². The lowest BCUT2D eigenvalue weighted by atomic mass is 9.99. The number of ether oxygens (including phenoxy) is 2. The topological polar surface area (TPSA) is 93.1 Å². The number of amides is 2. The Morgan fingerprint density at radius 2 is 1.80 bits per heavy atom. The van der Waals surface area contributed by atoms with E-state index in [9.17, 15) is 14.4 Å². The summed E-state index contributed by atoms with van der Waals surface area (Å²) >= 11 is 0. The Labute approximate surface area is 268 Å². The van der Waals surface area contributed by atoms with Crippen LogP contribution in [0.3, 0.4) is 0 Å². The molecule has 4 fully saturated rings. The third-order valence-corrected chi connectivity index (χ3v) is 10.1. The number of halogens is 1. The molecule has 0 radical (unpaired) electrons. The summed E-state index contributed by atoms with van der Waals surface area (Å²) in [7, 11) is 0. The quantitative estimate of drug-likeness (QED) is 0.355. The minimum Gasteiger partial charge on any atom is -0.457 e. The summed E-state index contributed by atoms with van der Waals surface area (Å²) in [6.45, 7) is 6.89. The number of piperidine rings is 1. The van der Waals surface area contributed by atoms with Gasteiger partial charge < -0.3 is 29.2 Å². The molecule has 2 aromatic carbocycles. The molecule has 4 aliphatic rings. The molecular weight excluding hydrogens is 587 g/mol. The fraction of sp³-hybridized carbons (Fsp3) is 0.528. The van der Waals surface area contributed by atoms with Gasteiger partial charge in [0, 0.05) is 81.6 Å². The zero-order chi connectivity index (χ0) is 31.8. The van der Waals surface area contributed by atoms with Crippen molar-refractivity contribution in [2.24, 2.45) is 11.8 Å². The van der Waals surface area contributed by atoms with Crippen LogP contribution in [0.4, 0.5) is 4.39 Å². The number of likely N-dealkylation sites (tertiary alicyclic amines) is 2. The van der Waals surface area contributed by atoms with Crippen LogP contribution >= 0.6 is 0 Å². The number of benzene rings is 2. The first-order valence-corrected chi connectivity index (χ1v) is 16.8.